The van der Waals surface area contributed by atoms with Gasteiger partial charge in [0.25, 0.3) is 0 Å². The minimum atomic E-state index is -1.07. The lowest BCUT2D eigenvalue weighted by Gasteiger charge is -2.48. The smallest absolute Gasteiger partial charge is 0.314 e. The average molecular weight is 632 g/mol. The molecule has 47 heavy (non-hydrogen) atoms. The molecule has 0 bridgehead atoms. The predicted octanol–water partition coefficient (Wildman–Crippen LogP) is 7.11. The van der Waals surface area contributed by atoms with Gasteiger partial charge in [0.15, 0.2) is 0 Å². The van der Waals surface area contributed by atoms with Crippen molar-refractivity contribution in [2.24, 2.45) is 11.8 Å². The maximum atomic E-state index is 13.8. The maximum absolute atomic E-state index is 13.8. The number of carbonyl (C=O) groups excluding carboxylic acids is 1. The Balaban J connectivity index is 1.29. The molecule has 242 valence electrons. The van der Waals surface area contributed by atoms with Crippen molar-refractivity contribution in [2.75, 3.05) is 4.90 Å². The van der Waals surface area contributed by atoms with Gasteiger partial charge >= 0.3 is 5.97 Å². The first kappa shape index (κ1) is 33.1. The van der Waals surface area contributed by atoms with E-state index in [1.54, 1.807) is 6.33 Å². The number of benzene rings is 3. The highest BCUT2D eigenvalue weighted by atomic mass is 16.4. The molecule has 1 fully saturated rings. The Bertz CT molecular complexity index is 1680. The van der Waals surface area contributed by atoms with Crippen LogP contribution in [0.2, 0.25) is 0 Å². The molecule has 9 nitrogen and oxygen atoms in total. The standard InChI is InChI=1S/C38H41N5O4/c1-26-8-14-30(15-9-26)32(23-39)18-21-35-36(31-16-10-28(11-17-31)5-3-7-34(27(2)44)38(46)47)43(37(35)45)33-19-12-29(13-20-33)6-4-22-42-25-40-24-41-42/h8-17,19-20,24-25,32,34-36,44H,2-7,18,21-22H2,1H3,(H,46,47)/t32?,34?,35-,36?/m1/s1. The van der Waals surface area contributed by atoms with Crippen LogP contribution in [0.3, 0.4) is 0 Å². The molecule has 4 atom stereocenters. The lowest BCUT2D eigenvalue weighted by atomic mass is 9.77. The van der Waals surface area contributed by atoms with Crippen molar-refractivity contribution in [1.29, 1.82) is 5.26 Å². The van der Waals surface area contributed by atoms with Gasteiger partial charge in [0.05, 0.1) is 29.7 Å². The average Bonchev–Trinajstić information content (AvgIpc) is 3.59. The summed E-state index contributed by atoms with van der Waals surface area (Å²) in [6.07, 6.45) is 7.79. The number of aromatic nitrogens is 3. The molecule has 9 heteroatoms. The molecule has 5 rings (SSSR count). The second kappa shape index (κ2) is 15.4. The van der Waals surface area contributed by atoms with Crippen LogP contribution < -0.4 is 4.90 Å². The number of nitriles is 1. The Morgan fingerprint density at radius 3 is 2.21 bits per heavy atom. The largest absolute Gasteiger partial charge is 0.512 e. The Hall–Kier alpha value is -5.23. The zero-order chi connectivity index (χ0) is 33.3. The zero-order valence-electron chi connectivity index (χ0n) is 26.7. The predicted molar refractivity (Wildman–Crippen MR) is 180 cm³/mol. The van der Waals surface area contributed by atoms with Crippen molar-refractivity contribution in [3.63, 3.8) is 0 Å². The lowest BCUT2D eigenvalue weighted by Crippen LogP contribution is -2.55. The normalized spacial score (nSPS) is 17.0. The molecule has 1 aromatic heterocycles. The van der Waals surface area contributed by atoms with E-state index in [0.717, 1.165) is 47.3 Å². The number of carboxylic acids is 1. The highest BCUT2D eigenvalue weighted by molar-refractivity contribution is 6.03. The number of rotatable bonds is 16. The van der Waals surface area contributed by atoms with E-state index in [1.165, 1.54) is 11.9 Å². The summed E-state index contributed by atoms with van der Waals surface area (Å²) in [6.45, 7) is 6.20. The van der Waals surface area contributed by atoms with Gasteiger partial charge in [-0.05, 0) is 86.3 Å². The maximum Gasteiger partial charge on any atom is 0.314 e. The van der Waals surface area contributed by atoms with E-state index in [4.69, 9.17) is 0 Å². The fourth-order valence-corrected chi connectivity index (χ4v) is 6.39. The molecule has 1 amide bonds. The molecule has 1 aliphatic rings. The third-order valence-corrected chi connectivity index (χ3v) is 9.13. The van der Waals surface area contributed by atoms with Crippen LogP contribution in [0.25, 0.3) is 0 Å². The van der Waals surface area contributed by atoms with Crippen molar-refractivity contribution in [2.45, 2.75) is 70.4 Å². The quantitative estimate of drug-likeness (QED) is 0.0995. The Kier molecular flexibility index (Phi) is 10.8. The summed E-state index contributed by atoms with van der Waals surface area (Å²) < 4.78 is 1.82. The van der Waals surface area contributed by atoms with Gasteiger partial charge in [0.2, 0.25) is 5.91 Å². The fraction of sp³-hybridized carbons (Fsp3) is 0.342. The van der Waals surface area contributed by atoms with Crippen LogP contribution in [0.4, 0.5) is 5.69 Å². The topological polar surface area (TPSA) is 132 Å². The third kappa shape index (κ3) is 8.14. The molecule has 3 aromatic carbocycles. The van der Waals surface area contributed by atoms with Crippen molar-refractivity contribution in [1.82, 2.24) is 14.8 Å². The van der Waals surface area contributed by atoms with Gasteiger partial charge in [-0.3, -0.25) is 14.3 Å². The molecule has 4 aromatic rings. The fourth-order valence-electron chi connectivity index (χ4n) is 6.39. The molecule has 3 unspecified atom stereocenters. The van der Waals surface area contributed by atoms with Crippen LogP contribution in [0.1, 0.15) is 71.9 Å². The van der Waals surface area contributed by atoms with Gasteiger partial charge < -0.3 is 15.1 Å². The van der Waals surface area contributed by atoms with E-state index < -0.39 is 11.9 Å². The van der Waals surface area contributed by atoms with Crippen molar-refractivity contribution in [3.8, 4) is 6.07 Å². The number of amides is 1. The van der Waals surface area contributed by atoms with Crippen LogP contribution in [0, 0.1) is 30.1 Å². The number of hydrogen-bond acceptors (Lipinski definition) is 6. The van der Waals surface area contributed by atoms with E-state index in [-0.39, 0.29) is 29.5 Å². The number of aliphatic carboxylic acids is 1. The first-order chi connectivity index (χ1) is 22.7. The molecule has 0 radical (unpaired) electrons. The van der Waals surface area contributed by atoms with Crippen LogP contribution in [0.5, 0.6) is 0 Å². The van der Waals surface area contributed by atoms with Crippen LogP contribution >= 0.6 is 0 Å². The van der Waals surface area contributed by atoms with Gasteiger partial charge in [-0.1, -0.05) is 72.8 Å². The number of anilines is 1. The number of β-lactam (4-membered cyclic amide) rings is 1. The van der Waals surface area contributed by atoms with Gasteiger partial charge in [-0.2, -0.15) is 10.4 Å². The summed E-state index contributed by atoms with van der Waals surface area (Å²) in [5.41, 5.74) is 6.21. The number of aliphatic hydroxyl groups excluding tert-OH is 1. The molecular formula is C38H41N5O4. The first-order valence-electron chi connectivity index (χ1n) is 16.1. The Morgan fingerprint density at radius 1 is 0.957 bits per heavy atom. The van der Waals surface area contributed by atoms with Crippen LogP contribution in [-0.4, -0.2) is 36.9 Å². The third-order valence-electron chi connectivity index (χ3n) is 9.13. The second-order valence-electron chi connectivity index (χ2n) is 12.4. The van der Waals surface area contributed by atoms with E-state index in [1.807, 2.05) is 77.2 Å². The Morgan fingerprint density at radius 2 is 1.62 bits per heavy atom. The monoisotopic (exact) mass is 631 g/mol. The van der Waals surface area contributed by atoms with Gasteiger partial charge in [0, 0.05) is 12.2 Å². The number of nitrogens with zero attached hydrogens (tertiary/aromatic N) is 5. The highest BCUT2D eigenvalue weighted by Gasteiger charge is 2.48. The van der Waals surface area contributed by atoms with Crippen LogP contribution in [-0.2, 0) is 29.0 Å². The molecule has 2 heterocycles. The van der Waals surface area contributed by atoms with E-state index in [0.29, 0.717) is 32.1 Å². The van der Waals surface area contributed by atoms with E-state index >= 15 is 0 Å². The van der Waals surface area contributed by atoms with E-state index in [2.05, 4.69) is 34.9 Å². The summed E-state index contributed by atoms with van der Waals surface area (Å²) in [4.78, 5) is 31.0. The number of aryl methyl sites for hydroxylation is 4. The zero-order valence-corrected chi connectivity index (χ0v) is 26.7. The minimum Gasteiger partial charge on any atom is -0.512 e. The first-order valence-corrected chi connectivity index (χ1v) is 16.1. The summed E-state index contributed by atoms with van der Waals surface area (Å²) in [6, 6.07) is 26.6. The second-order valence-corrected chi connectivity index (χ2v) is 12.4. The minimum absolute atomic E-state index is 0.0579. The SMILES string of the molecule is C=C(O)C(CCCc1ccc(C2[C@@H](CCC(C#N)c3ccc(C)cc3)C(=O)N2c2ccc(CCCn3cncn3)cc2)cc1)C(=O)O. The summed E-state index contributed by atoms with van der Waals surface area (Å²) in [5.74, 6) is -2.86. The highest BCUT2D eigenvalue weighted by Crippen LogP contribution is 2.46. The summed E-state index contributed by atoms with van der Waals surface area (Å²) in [5, 5.41) is 33.0. The number of hydrogen-bond donors (Lipinski definition) is 2. The lowest BCUT2D eigenvalue weighted by molar-refractivity contribution is -0.141. The molecular weight excluding hydrogens is 590 g/mol. The van der Waals surface area contributed by atoms with Gasteiger partial charge in [-0.15, -0.1) is 0 Å². The summed E-state index contributed by atoms with van der Waals surface area (Å²) in [7, 11) is 0. The number of carboxylic acid groups (broad SMARTS) is 1. The molecule has 2 N–H and O–H groups in total. The summed E-state index contributed by atoms with van der Waals surface area (Å²) >= 11 is 0. The van der Waals surface area contributed by atoms with Gasteiger partial charge in [0.1, 0.15) is 18.6 Å². The van der Waals surface area contributed by atoms with Crippen molar-refractivity contribution in [3.05, 3.63) is 126 Å². The molecule has 0 saturated carbocycles. The molecule has 1 aliphatic heterocycles. The number of aliphatic hydroxyl groups is 1. The molecule has 0 spiro atoms. The molecule has 1 saturated heterocycles. The van der Waals surface area contributed by atoms with Crippen molar-refractivity contribution >= 4 is 17.6 Å². The van der Waals surface area contributed by atoms with Crippen molar-refractivity contribution < 1.29 is 19.8 Å². The Labute approximate surface area is 275 Å². The molecule has 0 aliphatic carbocycles. The van der Waals surface area contributed by atoms with Gasteiger partial charge in [-0.25, -0.2) is 4.98 Å². The van der Waals surface area contributed by atoms with E-state index in [9.17, 15) is 25.1 Å². The number of carbonyl (C=O) groups is 2. The van der Waals surface area contributed by atoms with Crippen LogP contribution in [0.15, 0.2) is 97.8 Å².